The third-order valence-electron chi connectivity index (χ3n) is 5.14. The van der Waals surface area contributed by atoms with Crippen molar-refractivity contribution in [3.8, 4) is 10.6 Å². The lowest BCUT2D eigenvalue weighted by Gasteiger charge is -2.34. The Kier molecular flexibility index (Phi) is 6.50. The minimum absolute atomic E-state index is 0.205. The molecule has 10 heteroatoms. The van der Waals surface area contributed by atoms with Gasteiger partial charge < -0.3 is 0 Å². The number of halogens is 1. The molecule has 1 N–H and O–H groups in total. The zero-order valence-electron chi connectivity index (χ0n) is 17.0. The third kappa shape index (κ3) is 5.01. The number of benzene rings is 1. The first-order chi connectivity index (χ1) is 14.7. The van der Waals surface area contributed by atoms with Crippen molar-refractivity contribution in [3.63, 3.8) is 0 Å². The number of aromatic nitrogens is 1. The lowest BCUT2D eigenvalue weighted by Crippen LogP contribution is -2.42. The van der Waals surface area contributed by atoms with Crippen molar-refractivity contribution in [3.05, 3.63) is 51.7 Å². The first kappa shape index (κ1) is 22.4. The summed E-state index contributed by atoms with van der Waals surface area (Å²) in [5.41, 5.74) is 1.12. The van der Waals surface area contributed by atoms with Crippen molar-refractivity contribution in [2.24, 2.45) is 11.8 Å². The second-order valence-corrected chi connectivity index (χ2v) is 12.4. The van der Waals surface area contributed by atoms with Gasteiger partial charge in [-0.25, -0.2) is 13.4 Å². The van der Waals surface area contributed by atoms with Gasteiger partial charge in [0.15, 0.2) is 5.13 Å². The van der Waals surface area contributed by atoms with E-state index in [0.717, 1.165) is 17.0 Å². The van der Waals surface area contributed by atoms with Crippen LogP contribution in [0.5, 0.6) is 0 Å². The number of anilines is 1. The van der Waals surface area contributed by atoms with Crippen LogP contribution in [-0.4, -0.2) is 36.7 Å². The molecule has 0 spiro atoms. The minimum Gasteiger partial charge on any atom is -0.298 e. The molecule has 0 aliphatic carbocycles. The molecule has 0 radical (unpaired) electrons. The molecule has 1 fully saturated rings. The molecule has 1 aliphatic rings. The second kappa shape index (κ2) is 8.99. The van der Waals surface area contributed by atoms with Crippen LogP contribution in [0.15, 0.2) is 46.7 Å². The molecule has 2 atom stereocenters. The highest BCUT2D eigenvalue weighted by Gasteiger charge is 2.31. The van der Waals surface area contributed by atoms with Crippen molar-refractivity contribution in [2.45, 2.75) is 25.2 Å². The van der Waals surface area contributed by atoms with Crippen LogP contribution in [0.1, 0.15) is 30.6 Å². The quantitative estimate of drug-likeness (QED) is 0.510. The summed E-state index contributed by atoms with van der Waals surface area (Å²) in [6.07, 6.45) is 1.03. The molecule has 0 unspecified atom stereocenters. The summed E-state index contributed by atoms with van der Waals surface area (Å²) >= 11 is 8.71. The SMILES string of the molecule is C[C@H]1C[C@H](C)CN(S(=O)(=O)c2ccc(C(=O)Nc3nc(-c4ccc(Cl)s4)cs3)cc2)C1. The number of sulfonamides is 1. The number of thiophene rings is 1. The Bertz CT molecular complexity index is 1180. The average Bonchev–Trinajstić information content (AvgIpc) is 3.36. The predicted molar refractivity (Wildman–Crippen MR) is 127 cm³/mol. The summed E-state index contributed by atoms with van der Waals surface area (Å²) in [4.78, 5) is 18.2. The maximum absolute atomic E-state index is 13.0. The number of rotatable bonds is 5. The van der Waals surface area contributed by atoms with Crippen LogP contribution in [0.25, 0.3) is 10.6 Å². The Labute approximate surface area is 194 Å². The van der Waals surface area contributed by atoms with E-state index in [1.54, 1.807) is 10.4 Å². The number of piperidine rings is 1. The van der Waals surface area contributed by atoms with Gasteiger partial charge in [-0.1, -0.05) is 25.4 Å². The van der Waals surface area contributed by atoms with Crippen LogP contribution in [0.4, 0.5) is 5.13 Å². The lowest BCUT2D eigenvalue weighted by molar-refractivity contribution is 0.102. The highest BCUT2D eigenvalue weighted by Crippen LogP contribution is 2.33. The molecule has 31 heavy (non-hydrogen) atoms. The molecule has 0 bridgehead atoms. The topological polar surface area (TPSA) is 79.4 Å². The zero-order chi connectivity index (χ0) is 22.2. The molecular formula is C21H22ClN3O3S3. The molecule has 2 aromatic heterocycles. The van der Waals surface area contributed by atoms with E-state index >= 15 is 0 Å². The molecule has 1 aromatic carbocycles. The molecule has 4 rings (SSSR count). The van der Waals surface area contributed by atoms with Crippen molar-refractivity contribution in [1.29, 1.82) is 0 Å². The van der Waals surface area contributed by atoms with Gasteiger partial charge in [-0.15, -0.1) is 22.7 Å². The van der Waals surface area contributed by atoms with Crippen LogP contribution >= 0.6 is 34.3 Å². The van der Waals surface area contributed by atoms with Gasteiger partial charge >= 0.3 is 0 Å². The van der Waals surface area contributed by atoms with Gasteiger partial charge in [0.25, 0.3) is 5.91 Å². The Balaban J connectivity index is 1.45. The van der Waals surface area contributed by atoms with Crippen LogP contribution in [-0.2, 0) is 10.0 Å². The number of carbonyl (C=O) groups excluding carboxylic acids is 1. The van der Waals surface area contributed by atoms with E-state index in [2.05, 4.69) is 24.1 Å². The Morgan fingerprint density at radius 2 is 1.81 bits per heavy atom. The highest BCUT2D eigenvalue weighted by molar-refractivity contribution is 7.89. The van der Waals surface area contributed by atoms with Crippen LogP contribution in [0.2, 0.25) is 4.34 Å². The zero-order valence-corrected chi connectivity index (χ0v) is 20.2. The van der Waals surface area contributed by atoms with Gasteiger partial charge in [-0.2, -0.15) is 4.31 Å². The largest absolute Gasteiger partial charge is 0.298 e. The van der Waals surface area contributed by atoms with Gasteiger partial charge in [0.1, 0.15) is 0 Å². The Hall–Kier alpha value is -1.78. The molecule has 1 aliphatic heterocycles. The average molecular weight is 496 g/mol. The normalized spacial score (nSPS) is 20.0. The highest BCUT2D eigenvalue weighted by atomic mass is 35.5. The molecule has 3 heterocycles. The van der Waals surface area contributed by atoms with E-state index < -0.39 is 10.0 Å². The van der Waals surface area contributed by atoms with E-state index in [-0.39, 0.29) is 10.8 Å². The van der Waals surface area contributed by atoms with Gasteiger partial charge in [-0.3, -0.25) is 10.1 Å². The second-order valence-electron chi connectivity index (χ2n) is 7.89. The van der Waals surface area contributed by atoms with E-state index in [1.165, 1.54) is 46.9 Å². The summed E-state index contributed by atoms with van der Waals surface area (Å²) in [5, 5.41) is 5.09. The summed E-state index contributed by atoms with van der Waals surface area (Å²) < 4.78 is 28.2. The molecule has 0 saturated carbocycles. The monoisotopic (exact) mass is 495 g/mol. The Morgan fingerprint density at radius 1 is 1.13 bits per heavy atom. The van der Waals surface area contributed by atoms with Crippen LogP contribution < -0.4 is 5.32 Å². The van der Waals surface area contributed by atoms with Crippen LogP contribution in [0, 0.1) is 11.8 Å². The smallest absolute Gasteiger partial charge is 0.257 e. The minimum atomic E-state index is -3.57. The summed E-state index contributed by atoms with van der Waals surface area (Å²) in [5.74, 6) is 0.322. The standard InChI is InChI=1S/C21H22ClN3O3S3/c1-13-9-14(2)11-25(10-13)31(27,28)16-5-3-15(4-6-16)20(26)24-21-23-17(12-29-21)18-7-8-19(22)30-18/h3-8,12-14H,9-11H2,1-2H3,(H,23,24,26)/t13-,14-/m0/s1. The number of nitrogens with one attached hydrogen (secondary N) is 1. The fourth-order valence-electron chi connectivity index (χ4n) is 3.79. The number of thiazole rings is 1. The van der Waals surface area contributed by atoms with Gasteiger partial charge in [0.05, 0.1) is 19.8 Å². The number of nitrogens with zero attached hydrogens (tertiary/aromatic N) is 2. The number of hydrogen-bond acceptors (Lipinski definition) is 6. The van der Waals surface area contributed by atoms with Gasteiger partial charge in [-0.05, 0) is 54.7 Å². The van der Waals surface area contributed by atoms with Crippen molar-refractivity contribution >= 4 is 55.3 Å². The summed E-state index contributed by atoms with van der Waals surface area (Å²) in [6.45, 7) is 5.19. The van der Waals surface area contributed by atoms with Crippen molar-refractivity contribution < 1.29 is 13.2 Å². The number of amides is 1. The van der Waals surface area contributed by atoms with E-state index in [9.17, 15) is 13.2 Å². The first-order valence-corrected chi connectivity index (χ1v) is 13.4. The molecule has 3 aromatic rings. The van der Waals surface area contributed by atoms with E-state index in [0.29, 0.717) is 40.0 Å². The molecule has 1 saturated heterocycles. The number of hydrogen-bond donors (Lipinski definition) is 1. The van der Waals surface area contributed by atoms with Gasteiger partial charge in [0, 0.05) is 24.0 Å². The third-order valence-corrected chi connectivity index (χ3v) is 9.00. The maximum atomic E-state index is 13.0. The van der Waals surface area contributed by atoms with Gasteiger partial charge in [0.2, 0.25) is 10.0 Å². The molecular weight excluding hydrogens is 474 g/mol. The predicted octanol–water partition coefficient (Wildman–Crippen LogP) is 5.44. The van der Waals surface area contributed by atoms with E-state index in [1.807, 2.05) is 11.4 Å². The van der Waals surface area contributed by atoms with Crippen LogP contribution in [0.3, 0.4) is 0 Å². The fraction of sp³-hybridized carbons (Fsp3) is 0.333. The Morgan fingerprint density at radius 3 is 2.42 bits per heavy atom. The fourth-order valence-corrected chi connectivity index (χ4v) is 7.26. The summed E-state index contributed by atoms with van der Waals surface area (Å²) in [7, 11) is -3.57. The van der Waals surface area contributed by atoms with E-state index in [4.69, 9.17) is 11.6 Å². The summed E-state index contributed by atoms with van der Waals surface area (Å²) in [6, 6.07) is 9.75. The lowest BCUT2D eigenvalue weighted by atomic mass is 9.94. The first-order valence-electron chi connectivity index (χ1n) is 9.85. The van der Waals surface area contributed by atoms with Crippen molar-refractivity contribution in [1.82, 2.24) is 9.29 Å². The molecule has 1 amide bonds. The molecule has 6 nitrogen and oxygen atoms in total. The van der Waals surface area contributed by atoms with Crippen molar-refractivity contribution in [2.75, 3.05) is 18.4 Å². The maximum Gasteiger partial charge on any atom is 0.257 e. The molecule has 164 valence electrons. The number of carbonyl (C=O) groups is 1.